The highest BCUT2D eigenvalue weighted by Crippen LogP contribution is 2.65. The first-order chi connectivity index (χ1) is 16.9. The van der Waals surface area contributed by atoms with Gasteiger partial charge in [-0.25, -0.2) is 8.42 Å². The van der Waals surface area contributed by atoms with Crippen LogP contribution in [0.3, 0.4) is 0 Å². The molecule has 35 heavy (non-hydrogen) atoms. The van der Waals surface area contributed by atoms with Crippen LogP contribution in [-0.2, 0) is 28.8 Å². The Morgan fingerprint density at radius 1 is 0.829 bits per heavy atom. The van der Waals surface area contributed by atoms with Gasteiger partial charge in [0.1, 0.15) is 0 Å². The summed E-state index contributed by atoms with van der Waals surface area (Å²) in [5.74, 6) is -4.78. The predicted molar refractivity (Wildman–Crippen MR) is 133 cm³/mol. The van der Waals surface area contributed by atoms with Gasteiger partial charge >= 0.3 is 0 Å². The summed E-state index contributed by atoms with van der Waals surface area (Å²) in [6.07, 6.45) is 3.44. The van der Waals surface area contributed by atoms with Crippen molar-refractivity contribution in [3.8, 4) is 6.07 Å². The van der Waals surface area contributed by atoms with Crippen molar-refractivity contribution in [1.29, 1.82) is 5.26 Å². The van der Waals surface area contributed by atoms with E-state index in [1.54, 1.807) is 58.0 Å². The van der Waals surface area contributed by atoms with Crippen molar-refractivity contribution in [3.05, 3.63) is 72.3 Å². The van der Waals surface area contributed by atoms with Crippen molar-refractivity contribution >= 4 is 15.9 Å². The van der Waals surface area contributed by atoms with Crippen molar-refractivity contribution in [2.45, 2.75) is 48.9 Å². The Labute approximate surface area is 208 Å². The lowest BCUT2D eigenvalue weighted by molar-refractivity contribution is -0.480. The zero-order valence-corrected chi connectivity index (χ0v) is 21.5. The molecular weight excluding hydrogens is 466 g/mol. The normalized spacial score (nSPS) is 23.0. The molecule has 0 heterocycles. The third-order valence-electron chi connectivity index (χ3n) is 6.13. The summed E-state index contributed by atoms with van der Waals surface area (Å²) in [5, 5.41) is 10.7. The lowest BCUT2D eigenvalue weighted by Gasteiger charge is -2.67. The maximum absolute atomic E-state index is 14.3. The van der Waals surface area contributed by atoms with E-state index in [9.17, 15) is 13.7 Å². The third kappa shape index (κ3) is 4.02. The third-order valence-corrected chi connectivity index (χ3v) is 8.49. The summed E-state index contributed by atoms with van der Waals surface area (Å²) >= 11 is 0. The van der Waals surface area contributed by atoms with Gasteiger partial charge < -0.3 is 18.9 Å². The van der Waals surface area contributed by atoms with E-state index >= 15 is 0 Å². The number of nitrogens with zero attached hydrogens (tertiary/aromatic N) is 1. The largest absolute Gasteiger partial charge is 0.345 e. The van der Waals surface area contributed by atoms with Gasteiger partial charge in [-0.2, -0.15) is 5.26 Å². The number of hydrogen-bond acceptors (Lipinski definition) is 7. The maximum Gasteiger partial charge on any atom is 0.259 e. The van der Waals surface area contributed by atoms with Crippen LogP contribution in [0.5, 0.6) is 0 Å². The van der Waals surface area contributed by atoms with E-state index in [0.29, 0.717) is 0 Å². The average Bonchev–Trinajstić information content (AvgIpc) is 2.87. The minimum atomic E-state index is -4.35. The molecule has 2 aromatic carbocycles. The molecule has 0 N–H and O–H groups in total. The second-order valence-corrected chi connectivity index (χ2v) is 10.0. The first kappa shape index (κ1) is 27.1. The second-order valence-electron chi connectivity index (χ2n) is 7.93. The number of sulfone groups is 1. The standard InChI is InChI=1S/C27H33NO6S/c1-5-31-26(32-6-2)24(20-19-22-15-11-9-12-16-22)25(21-28,27(26,33-7-3)34-8-4)35(29,30)23-17-13-10-14-18-23/h9-20,24H,5-8H2,1-4H3. The van der Waals surface area contributed by atoms with Gasteiger partial charge in [-0.05, 0) is 45.4 Å². The molecule has 0 amide bonds. The molecule has 3 rings (SSSR count). The summed E-state index contributed by atoms with van der Waals surface area (Å²) in [6, 6.07) is 19.4. The fraction of sp³-hybridized carbons (Fsp3) is 0.444. The van der Waals surface area contributed by atoms with E-state index in [1.165, 1.54) is 12.1 Å². The van der Waals surface area contributed by atoms with Gasteiger partial charge in [-0.3, -0.25) is 0 Å². The van der Waals surface area contributed by atoms with Crippen LogP contribution >= 0.6 is 0 Å². The summed E-state index contributed by atoms with van der Waals surface area (Å²) in [4.78, 5) is -0.00922. The zero-order chi connectivity index (χ0) is 25.6. The zero-order valence-electron chi connectivity index (χ0n) is 20.6. The molecule has 0 saturated heterocycles. The molecule has 1 saturated carbocycles. The van der Waals surface area contributed by atoms with Gasteiger partial charge in [0.05, 0.1) is 16.9 Å². The Morgan fingerprint density at radius 3 is 1.77 bits per heavy atom. The van der Waals surface area contributed by atoms with Crippen LogP contribution in [0.4, 0.5) is 0 Å². The molecular formula is C27H33NO6S. The molecule has 2 unspecified atom stereocenters. The van der Waals surface area contributed by atoms with Gasteiger partial charge in [0.25, 0.3) is 5.79 Å². The Hall–Kier alpha value is -2.54. The van der Waals surface area contributed by atoms with Gasteiger partial charge in [-0.1, -0.05) is 60.7 Å². The average molecular weight is 500 g/mol. The molecule has 188 valence electrons. The van der Waals surface area contributed by atoms with Crippen molar-refractivity contribution in [1.82, 2.24) is 0 Å². The van der Waals surface area contributed by atoms with Crippen LogP contribution in [0.15, 0.2) is 71.6 Å². The van der Waals surface area contributed by atoms with Gasteiger partial charge in [-0.15, -0.1) is 0 Å². The first-order valence-electron chi connectivity index (χ1n) is 11.9. The fourth-order valence-corrected chi connectivity index (χ4v) is 7.12. The van der Waals surface area contributed by atoms with E-state index in [0.717, 1.165) is 5.56 Å². The molecule has 1 fully saturated rings. The second kappa shape index (κ2) is 11.0. The van der Waals surface area contributed by atoms with E-state index in [4.69, 9.17) is 18.9 Å². The molecule has 2 atom stereocenters. The highest BCUT2D eigenvalue weighted by molar-refractivity contribution is 7.93. The van der Waals surface area contributed by atoms with Gasteiger partial charge in [0, 0.05) is 26.4 Å². The summed E-state index contributed by atoms with van der Waals surface area (Å²) in [5.41, 5.74) is 0.837. The van der Waals surface area contributed by atoms with Gasteiger partial charge in [0.15, 0.2) is 0 Å². The maximum atomic E-state index is 14.3. The number of ether oxygens (including phenoxy) is 4. The first-order valence-corrected chi connectivity index (χ1v) is 13.4. The summed E-state index contributed by atoms with van der Waals surface area (Å²) in [7, 11) is -4.35. The highest BCUT2D eigenvalue weighted by atomic mass is 32.2. The van der Waals surface area contributed by atoms with Crippen molar-refractivity contribution < 1.29 is 27.4 Å². The van der Waals surface area contributed by atoms with Crippen LogP contribution in [0.2, 0.25) is 0 Å². The Bertz CT molecular complexity index is 1130. The van der Waals surface area contributed by atoms with Crippen LogP contribution in [0, 0.1) is 17.2 Å². The van der Waals surface area contributed by atoms with Crippen molar-refractivity contribution in [2.24, 2.45) is 5.92 Å². The molecule has 0 aromatic heterocycles. The summed E-state index contributed by atoms with van der Waals surface area (Å²) in [6.45, 7) is 7.50. The van der Waals surface area contributed by atoms with E-state index < -0.39 is 32.1 Å². The van der Waals surface area contributed by atoms with Crippen LogP contribution < -0.4 is 0 Å². The van der Waals surface area contributed by atoms with E-state index in [2.05, 4.69) is 6.07 Å². The molecule has 7 nitrogen and oxygen atoms in total. The summed E-state index contributed by atoms with van der Waals surface area (Å²) < 4.78 is 51.0. The van der Waals surface area contributed by atoms with E-state index in [-0.39, 0.29) is 31.3 Å². The molecule has 0 spiro atoms. The fourth-order valence-electron chi connectivity index (χ4n) is 4.93. The molecule has 2 aromatic rings. The molecule has 0 aliphatic heterocycles. The molecule has 0 bridgehead atoms. The molecule has 8 heteroatoms. The van der Waals surface area contributed by atoms with Crippen molar-refractivity contribution in [3.63, 3.8) is 0 Å². The van der Waals surface area contributed by atoms with Gasteiger partial charge in [0.2, 0.25) is 20.4 Å². The van der Waals surface area contributed by atoms with E-state index in [1.807, 2.05) is 30.3 Å². The Balaban J connectivity index is 2.38. The number of benzene rings is 2. The van der Waals surface area contributed by atoms with Crippen molar-refractivity contribution in [2.75, 3.05) is 26.4 Å². The number of hydrogen-bond donors (Lipinski definition) is 0. The number of rotatable bonds is 12. The molecule has 0 radical (unpaired) electrons. The Kier molecular flexibility index (Phi) is 8.52. The van der Waals surface area contributed by atoms with Crippen LogP contribution in [-0.4, -0.2) is 51.2 Å². The Morgan fingerprint density at radius 2 is 1.31 bits per heavy atom. The highest BCUT2D eigenvalue weighted by Gasteiger charge is 2.90. The number of nitriles is 1. The lowest BCUT2D eigenvalue weighted by atomic mass is 9.60. The monoisotopic (exact) mass is 499 g/mol. The molecule has 1 aliphatic carbocycles. The topological polar surface area (TPSA) is 94.9 Å². The quantitative estimate of drug-likeness (QED) is 0.394. The smallest absolute Gasteiger partial charge is 0.259 e. The predicted octanol–water partition coefficient (Wildman–Crippen LogP) is 4.60. The molecule has 1 aliphatic rings. The van der Waals surface area contributed by atoms with Crippen LogP contribution in [0.1, 0.15) is 33.3 Å². The minimum Gasteiger partial charge on any atom is -0.345 e. The minimum absolute atomic E-state index is 0.00922. The van der Waals surface area contributed by atoms with Crippen LogP contribution in [0.25, 0.3) is 6.08 Å². The lowest BCUT2D eigenvalue weighted by Crippen LogP contribution is -2.89. The SMILES string of the molecule is CCOC1(OCC)C(C=Cc2ccccc2)C(C#N)(S(=O)(=O)c2ccccc2)C1(OCC)OCC.